The number of hydrogen-bond acceptors (Lipinski definition) is 49. The first-order valence-corrected chi connectivity index (χ1v) is 44.0. The molecule has 0 spiro atoms. The van der Waals surface area contributed by atoms with Crippen molar-refractivity contribution >= 4 is 140 Å². The molecule has 0 amide bonds. The first kappa shape index (κ1) is 86.1. The number of ether oxygens (including phenoxy) is 5. The highest BCUT2D eigenvalue weighted by Gasteiger charge is 2.57. The predicted octanol–water partition coefficient (Wildman–Crippen LogP) is -4.90. The summed E-state index contributed by atoms with van der Waals surface area (Å²) in [7, 11) is -40.7. The van der Waals surface area contributed by atoms with Gasteiger partial charge in [-0.15, -0.1) is 0 Å². The molecule has 5 saturated heterocycles. The summed E-state index contributed by atoms with van der Waals surface area (Å²) in [6, 6.07) is 0. The van der Waals surface area contributed by atoms with Gasteiger partial charge in [-0.3, -0.25) is 63.5 Å². The fraction of sp³-hybridized carbons (Fsp3) is 0.500. The van der Waals surface area contributed by atoms with Crippen molar-refractivity contribution in [1.29, 1.82) is 0 Å². The van der Waals surface area contributed by atoms with Gasteiger partial charge < -0.3 is 122 Å². The quantitative estimate of drug-likeness (QED) is 0.0176. The zero-order valence-electron chi connectivity index (χ0n) is 59.0. The second kappa shape index (κ2) is 32.8. The molecule has 6 unspecified atom stereocenters. The molecule has 26 atom stereocenters. The van der Waals surface area contributed by atoms with E-state index in [0.29, 0.717) is 0 Å². The molecule has 10 aromatic heterocycles. The third kappa shape index (κ3) is 17.8. The standard InChI is InChI=1S/C50H64N25O37P7/c51-36-21-41(61-6-56-36)71(11-66-21)46-31(81)26(76)16(102-46)1-97-114(85,86)107-32-27(77)17(103-47(32)72-12-67-22-37(52)57-7-62-42(22)72)2-98-115(87,88)108-33-28(78)18(104-48(33)73-13-68-23-38(53)58-8-63-43(23)73)3-99-116(89,90)109-34-29(79)19(105-49(34)74-14-69-24-39(54)59-9-64-44(24)74)4-100-117(91,92)110-35-30(80)20(5-101-118(93,94)112-119(95,96)111-113(82,83)84)106-50(35)75-15-70-25-40(55)60-10-65-45(25)75/h6-20,26-35,46-50,76-81H,1-5H2,(H,85,86)(H,87,88)(H,89,90)(H,91,92)(H,93,94)(H,95,96)(H2,51,56,61)(H2,52,57,62)(H2,53,58,63)(H2,54,59,64)(H2,55,60,65)(H2,82,83,84)/t16-,17-,18-,19-,20-,26-,27-,28-,29-,30-,31-,32-,33-,34-,35-,46-,47-,48-,49-,50-/m1/s1. The van der Waals surface area contributed by atoms with Crippen LogP contribution in [0.4, 0.5) is 29.1 Å². The van der Waals surface area contributed by atoms with Crippen molar-refractivity contribution in [2.24, 2.45) is 0 Å². The van der Waals surface area contributed by atoms with Gasteiger partial charge in [-0.05, 0) is 0 Å². The summed E-state index contributed by atoms with van der Waals surface area (Å²) < 4.78 is 183. The molecule has 15 rings (SSSR count). The summed E-state index contributed by atoms with van der Waals surface area (Å²) in [5.74, 6) is -0.868. The second-order valence-corrected chi connectivity index (χ2v) is 36.0. The van der Waals surface area contributed by atoms with Crippen LogP contribution in [0.3, 0.4) is 0 Å². The van der Waals surface area contributed by atoms with Crippen LogP contribution in [-0.2, 0) is 105 Å². The summed E-state index contributed by atoms with van der Waals surface area (Å²) in [6.07, 6.45) is -29.4. The molecule has 5 aliphatic heterocycles. The van der Waals surface area contributed by atoms with Crippen molar-refractivity contribution in [2.75, 3.05) is 61.7 Å². The minimum atomic E-state index is -6.08. The van der Waals surface area contributed by atoms with Crippen LogP contribution in [0, 0.1) is 0 Å². The molecule has 0 saturated carbocycles. The van der Waals surface area contributed by atoms with Crippen LogP contribution in [-0.4, -0.2) is 292 Å². The number of aliphatic hydroxyl groups excluding tert-OH is 6. The third-order valence-corrected chi connectivity index (χ3v) is 26.1. The van der Waals surface area contributed by atoms with Crippen molar-refractivity contribution in [3.8, 4) is 0 Å². The molecule has 5 aliphatic rings. The number of hydrogen-bond donors (Lipinski definition) is 19. The summed E-state index contributed by atoms with van der Waals surface area (Å²) in [5, 5.41) is 69.6. The van der Waals surface area contributed by atoms with Gasteiger partial charge in [-0.1, -0.05) is 0 Å². The maximum atomic E-state index is 14.4. The number of aromatic nitrogens is 20. The summed E-state index contributed by atoms with van der Waals surface area (Å²) in [4.78, 5) is 144. The molecule has 0 radical (unpaired) electrons. The topological polar surface area (TPSA) is 898 Å². The minimum Gasteiger partial charge on any atom is -0.387 e. The Hall–Kier alpha value is -7.84. The Labute approximate surface area is 657 Å². The van der Waals surface area contributed by atoms with Crippen molar-refractivity contribution in [1.82, 2.24) is 97.6 Å². The third-order valence-electron chi connectivity index (χ3n) is 18.3. The predicted molar refractivity (Wildman–Crippen MR) is 377 cm³/mol. The Kier molecular flexibility index (Phi) is 23.7. The Morgan fingerprint density at radius 1 is 0.286 bits per heavy atom. The van der Waals surface area contributed by atoms with Crippen LogP contribution >= 0.6 is 54.8 Å². The van der Waals surface area contributed by atoms with E-state index in [2.05, 4.69) is 87.9 Å². The molecular formula is C50H64N25O37P7. The van der Waals surface area contributed by atoms with Crippen molar-refractivity contribution in [2.45, 2.75) is 123 Å². The number of nitrogen functional groups attached to an aromatic ring is 5. The highest BCUT2D eigenvalue weighted by atomic mass is 31.3. The molecule has 24 N–H and O–H groups in total. The number of phosphoric acid groups is 7. The lowest BCUT2D eigenvalue weighted by Crippen LogP contribution is -2.37. The minimum absolute atomic E-state index is 0.0261. The number of phosphoric ester groups is 5. The molecule has 119 heavy (non-hydrogen) atoms. The van der Waals surface area contributed by atoms with E-state index in [9.17, 15) is 92.0 Å². The van der Waals surface area contributed by atoms with Gasteiger partial charge in [0.2, 0.25) is 0 Å². The molecule has 10 aromatic rings. The Balaban J connectivity index is 0.633. The number of anilines is 5. The van der Waals surface area contributed by atoms with Crippen molar-refractivity contribution in [3.63, 3.8) is 0 Å². The van der Waals surface area contributed by atoms with Crippen molar-refractivity contribution in [3.05, 3.63) is 63.3 Å². The maximum absolute atomic E-state index is 14.4. The van der Waals surface area contributed by atoms with Gasteiger partial charge in [0.15, 0.2) is 88.5 Å². The van der Waals surface area contributed by atoms with Gasteiger partial charge in [0.1, 0.15) is 151 Å². The van der Waals surface area contributed by atoms with Gasteiger partial charge in [-0.25, -0.2) is 107 Å². The first-order valence-electron chi connectivity index (χ1n) is 33.5. The number of nitrogens with zero attached hydrogens (tertiary/aromatic N) is 20. The normalized spacial score (nSPS) is 31.3. The van der Waals surface area contributed by atoms with Crippen LogP contribution in [0.25, 0.3) is 55.8 Å². The number of rotatable bonds is 32. The number of aliphatic hydroxyl groups is 6. The lowest BCUT2D eigenvalue weighted by atomic mass is 10.1. The van der Waals surface area contributed by atoms with E-state index in [1.54, 1.807) is 0 Å². The van der Waals surface area contributed by atoms with Crippen LogP contribution in [0.1, 0.15) is 31.1 Å². The number of imidazole rings is 5. The fourth-order valence-corrected chi connectivity index (χ4v) is 19.8. The lowest BCUT2D eigenvalue weighted by Gasteiger charge is -2.25. The monoisotopic (exact) mass is 1820 g/mol. The van der Waals surface area contributed by atoms with Crippen molar-refractivity contribution < 1.29 is 175 Å². The van der Waals surface area contributed by atoms with E-state index < -0.39 is 210 Å². The summed E-state index contributed by atoms with van der Waals surface area (Å²) in [5.41, 5.74) is 29.1. The zero-order chi connectivity index (χ0) is 85.1. The molecule has 5 fully saturated rings. The van der Waals surface area contributed by atoms with Gasteiger partial charge in [0.05, 0.1) is 64.7 Å². The van der Waals surface area contributed by atoms with E-state index in [1.807, 2.05) is 0 Å². The SMILES string of the molecule is Nc1ncnc2c1ncn2[C@@H]1O[C@H](COP(=O)(O)O[C@@H]2[C@H](O)[C@@H](COP(=O)(O)O[C@@H]3[C@H](O)[C@@H](COP(=O)(O)O[C@@H]4[C@H](O)[C@@H](COP(=O)(O)O[C@@H]5[C@H](O)[C@@H](COP(=O)(O)OP(=O)(O)OP(=O)(O)O)O[C@H]5n5cnc6c(N)ncnc65)O[C@H]4n4cnc5c(N)ncnc54)O[C@H]3n3cnc4c(N)ncnc43)O[C@H]2n2cnc3c(N)ncnc32)[C@@H](O)[C@H]1O. The molecule has 0 bridgehead atoms. The molecule has 69 heteroatoms. The maximum Gasteiger partial charge on any atom is 0.490 e. The zero-order valence-corrected chi connectivity index (χ0v) is 65.2. The van der Waals surface area contributed by atoms with Gasteiger partial charge in [0, 0.05) is 0 Å². The van der Waals surface area contributed by atoms with Gasteiger partial charge >= 0.3 is 54.8 Å². The molecule has 0 aliphatic carbocycles. The largest absolute Gasteiger partial charge is 0.490 e. The van der Waals surface area contributed by atoms with E-state index >= 15 is 0 Å². The molecule has 646 valence electrons. The highest BCUT2D eigenvalue weighted by molar-refractivity contribution is 7.66. The average molecular weight is 1820 g/mol. The average Bonchev–Trinajstić information content (AvgIpc) is 1.63. The Bertz CT molecular complexity index is 5840. The fourth-order valence-electron chi connectivity index (χ4n) is 13.0. The Morgan fingerprint density at radius 2 is 0.504 bits per heavy atom. The number of fused-ring (bicyclic) bond motifs is 5. The number of nitrogens with two attached hydrogens (primary N) is 5. The second-order valence-electron chi connectivity index (χ2n) is 25.9. The van der Waals surface area contributed by atoms with E-state index in [1.165, 1.54) is 10.9 Å². The molecule has 62 nitrogen and oxygen atoms in total. The smallest absolute Gasteiger partial charge is 0.387 e. The van der Waals surface area contributed by atoms with E-state index in [4.69, 9.17) is 98.3 Å². The van der Waals surface area contributed by atoms with Crippen LogP contribution in [0.2, 0.25) is 0 Å². The molecular weight excluding hydrogens is 1760 g/mol. The van der Waals surface area contributed by atoms with E-state index in [0.717, 1.165) is 75.2 Å². The lowest BCUT2D eigenvalue weighted by molar-refractivity contribution is -0.0662. The summed E-state index contributed by atoms with van der Waals surface area (Å²) >= 11 is 0. The summed E-state index contributed by atoms with van der Waals surface area (Å²) in [6.45, 7) is -6.10. The Morgan fingerprint density at radius 3 is 0.748 bits per heavy atom. The van der Waals surface area contributed by atoms with Crippen LogP contribution in [0.15, 0.2) is 63.3 Å². The van der Waals surface area contributed by atoms with Crippen LogP contribution in [0.5, 0.6) is 0 Å². The van der Waals surface area contributed by atoms with E-state index in [-0.39, 0.29) is 84.9 Å². The first-order chi connectivity index (χ1) is 56.0. The van der Waals surface area contributed by atoms with Crippen LogP contribution < -0.4 is 28.7 Å². The highest BCUT2D eigenvalue weighted by Crippen LogP contribution is 2.67. The van der Waals surface area contributed by atoms with Gasteiger partial charge in [-0.2, -0.15) is 8.62 Å². The van der Waals surface area contributed by atoms with Gasteiger partial charge in [0.25, 0.3) is 0 Å². The molecule has 0 aromatic carbocycles. The molecule has 15 heterocycles.